The Morgan fingerprint density at radius 1 is 1.28 bits per heavy atom. The van der Waals surface area contributed by atoms with E-state index in [0.717, 1.165) is 32.4 Å². The zero-order chi connectivity index (χ0) is 19.0. The molecule has 0 aromatic rings. The van der Waals surface area contributed by atoms with Gasteiger partial charge in [0.1, 0.15) is 6.04 Å². The third-order valence-corrected chi connectivity index (χ3v) is 5.27. The van der Waals surface area contributed by atoms with Gasteiger partial charge in [0.15, 0.2) is 0 Å². The number of nitrogens with zero attached hydrogens (tertiary/aromatic N) is 1. The summed E-state index contributed by atoms with van der Waals surface area (Å²) in [5.41, 5.74) is 0.199. The van der Waals surface area contributed by atoms with Gasteiger partial charge in [-0.1, -0.05) is 20.8 Å². The Morgan fingerprint density at radius 2 is 1.88 bits per heavy atom. The van der Waals surface area contributed by atoms with Crippen LogP contribution in [0.25, 0.3) is 0 Å². The molecule has 7 heteroatoms. The maximum atomic E-state index is 12.4. The molecule has 0 saturated carbocycles. The highest BCUT2D eigenvalue weighted by atomic mass is 32.1. The summed E-state index contributed by atoms with van der Waals surface area (Å²) in [6, 6.07) is -0.527. The van der Waals surface area contributed by atoms with Crippen molar-refractivity contribution in [2.75, 3.05) is 25.4 Å². The first-order valence-electron chi connectivity index (χ1n) is 9.29. The molecule has 1 fully saturated rings. The summed E-state index contributed by atoms with van der Waals surface area (Å²) in [7, 11) is 0. The predicted octanol–water partition coefficient (Wildman–Crippen LogP) is 2.44. The van der Waals surface area contributed by atoms with E-state index in [9.17, 15) is 9.59 Å². The van der Waals surface area contributed by atoms with Gasteiger partial charge in [0, 0.05) is 30.4 Å². The second-order valence-electron chi connectivity index (χ2n) is 7.81. The van der Waals surface area contributed by atoms with E-state index < -0.39 is 12.1 Å². The van der Waals surface area contributed by atoms with Crippen LogP contribution in [0, 0.1) is 5.92 Å². The van der Waals surface area contributed by atoms with Crippen LogP contribution in [0.1, 0.15) is 53.9 Å². The van der Waals surface area contributed by atoms with Crippen molar-refractivity contribution >= 4 is 24.6 Å². The minimum atomic E-state index is -0.673. The standard InChI is InChI=1S/C18H35N3O3S/c1-6-18(4,5)21-9-7-14(8-10-21)19-16(22)15(12-25)20-17(23)24-11-13(2)3/h13-15,25H,6-12H2,1-5H3,(H,19,22)(H,20,23)/t15-/m1/s1. The Bertz CT molecular complexity index is 435. The molecule has 1 atom stereocenters. The monoisotopic (exact) mass is 373 g/mol. The van der Waals surface area contributed by atoms with Gasteiger partial charge in [0.05, 0.1) is 6.61 Å². The summed E-state index contributed by atoms with van der Waals surface area (Å²) in [5, 5.41) is 5.64. The number of likely N-dealkylation sites (tertiary alicyclic amines) is 1. The number of amides is 2. The van der Waals surface area contributed by atoms with Gasteiger partial charge in [0.2, 0.25) is 5.91 Å². The summed E-state index contributed by atoms with van der Waals surface area (Å²) >= 11 is 4.18. The Morgan fingerprint density at radius 3 is 2.36 bits per heavy atom. The molecule has 0 bridgehead atoms. The van der Waals surface area contributed by atoms with Crippen LogP contribution in [0.5, 0.6) is 0 Å². The van der Waals surface area contributed by atoms with Crippen molar-refractivity contribution in [2.24, 2.45) is 5.92 Å². The van der Waals surface area contributed by atoms with Crippen molar-refractivity contribution in [3.05, 3.63) is 0 Å². The zero-order valence-electron chi connectivity index (χ0n) is 16.3. The molecule has 1 aliphatic rings. The van der Waals surface area contributed by atoms with E-state index in [1.807, 2.05) is 13.8 Å². The molecule has 1 aliphatic heterocycles. The van der Waals surface area contributed by atoms with Crippen LogP contribution >= 0.6 is 12.6 Å². The molecular formula is C18H35N3O3S. The molecule has 25 heavy (non-hydrogen) atoms. The van der Waals surface area contributed by atoms with E-state index in [1.165, 1.54) is 0 Å². The topological polar surface area (TPSA) is 70.7 Å². The first kappa shape index (κ1) is 22.1. The van der Waals surface area contributed by atoms with Crippen molar-refractivity contribution in [3.63, 3.8) is 0 Å². The molecule has 146 valence electrons. The summed E-state index contributed by atoms with van der Waals surface area (Å²) < 4.78 is 5.07. The molecule has 0 spiro atoms. The van der Waals surface area contributed by atoms with Crippen LogP contribution < -0.4 is 10.6 Å². The highest BCUT2D eigenvalue weighted by Crippen LogP contribution is 2.23. The molecule has 2 amide bonds. The van der Waals surface area contributed by atoms with E-state index in [2.05, 4.69) is 48.9 Å². The van der Waals surface area contributed by atoms with Crippen molar-refractivity contribution in [3.8, 4) is 0 Å². The van der Waals surface area contributed by atoms with E-state index in [0.29, 0.717) is 6.61 Å². The lowest BCUT2D eigenvalue weighted by Gasteiger charge is -2.42. The number of nitrogens with one attached hydrogen (secondary N) is 2. The molecule has 1 saturated heterocycles. The molecule has 0 aliphatic carbocycles. The minimum Gasteiger partial charge on any atom is -0.449 e. The van der Waals surface area contributed by atoms with E-state index in [1.54, 1.807) is 0 Å². The highest BCUT2D eigenvalue weighted by Gasteiger charge is 2.30. The highest BCUT2D eigenvalue weighted by molar-refractivity contribution is 7.80. The Labute approximate surface area is 157 Å². The van der Waals surface area contributed by atoms with Gasteiger partial charge in [-0.2, -0.15) is 12.6 Å². The fraction of sp³-hybridized carbons (Fsp3) is 0.889. The molecule has 0 unspecified atom stereocenters. The summed E-state index contributed by atoms with van der Waals surface area (Å²) in [5.74, 6) is 0.306. The molecule has 1 heterocycles. The van der Waals surface area contributed by atoms with Gasteiger partial charge in [-0.05, 0) is 39.0 Å². The summed E-state index contributed by atoms with van der Waals surface area (Å²) in [6.45, 7) is 12.9. The average Bonchev–Trinajstić information content (AvgIpc) is 2.58. The Balaban J connectivity index is 2.43. The smallest absolute Gasteiger partial charge is 0.407 e. The molecule has 0 aromatic carbocycles. The predicted molar refractivity (Wildman–Crippen MR) is 104 cm³/mol. The molecule has 0 radical (unpaired) electrons. The van der Waals surface area contributed by atoms with Gasteiger partial charge < -0.3 is 15.4 Å². The molecule has 0 aromatic heterocycles. The minimum absolute atomic E-state index is 0.146. The second-order valence-corrected chi connectivity index (χ2v) is 8.17. The van der Waals surface area contributed by atoms with Gasteiger partial charge in [-0.3, -0.25) is 9.69 Å². The summed E-state index contributed by atoms with van der Waals surface area (Å²) in [4.78, 5) is 26.6. The number of rotatable bonds is 8. The van der Waals surface area contributed by atoms with Crippen molar-refractivity contribution in [1.82, 2.24) is 15.5 Å². The lowest BCUT2D eigenvalue weighted by molar-refractivity contribution is -0.123. The maximum Gasteiger partial charge on any atom is 0.407 e. The molecule has 6 nitrogen and oxygen atoms in total. The van der Waals surface area contributed by atoms with E-state index in [-0.39, 0.29) is 29.2 Å². The quantitative estimate of drug-likeness (QED) is 0.572. The normalized spacial score (nSPS) is 18.0. The molecular weight excluding hydrogens is 338 g/mol. The van der Waals surface area contributed by atoms with Gasteiger partial charge in [-0.25, -0.2) is 4.79 Å². The van der Waals surface area contributed by atoms with Crippen LogP contribution in [-0.2, 0) is 9.53 Å². The van der Waals surface area contributed by atoms with Gasteiger partial charge in [-0.15, -0.1) is 0 Å². The maximum absolute atomic E-state index is 12.4. The zero-order valence-corrected chi connectivity index (χ0v) is 17.2. The van der Waals surface area contributed by atoms with Crippen LogP contribution in [0.15, 0.2) is 0 Å². The van der Waals surface area contributed by atoms with E-state index in [4.69, 9.17) is 4.74 Å². The number of piperidine rings is 1. The first-order chi connectivity index (χ1) is 11.7. The average molecular weight is 374 g/mol. The van der Waals surface area contributed by atoms with Crippen LogP contribution in [-0.4, -0.2) is 60.0 Å². The third kappa shape index (κ3) is 7.44. The summed E-state index contributed by atoms with van der Waals surface area (Å²) in [6.07, 6.45) is 2.38. The number of hydrogen-bond donors (Lipinski definition) is 3. The number of carbonyl (C=O) groups is 2. The van der Waals surface area contributed by atoms with E-state index >= 15 is 0 Å². The van der Waals surface area contributed by atoms with Crippen LogP contribution in [0.4, 0.5) is 4.79 Å². The fourth-order valence-electron chi connectivity index (χ4n) is 2.77. The lowest BCUT2D eigenvalue weighted by Crippen LogP contribution is -2.55. The third-order valence-electron chi connectivity index (χ3n) is 4.90. The first-order valence-corrected chi connectivity index (χ1v) is 9.92. The molecule has 2 N–H and O–H groups in total. The van der Waals surface area contributed by atoms with Crippen LogP contribution in [0.2, 0.25) is 0 Å². The Hall–Kier alpha value is -0.950. The number of carbonyl (C=O) groups excluding carboxylic acids is 2. The van der Waals surface area contributed by atoms with Crippen molar-refractivity contribution in [2.45, 2.75) is 71.5 Å². The largest absolute Gasteiger partial charge is 0.449 e. The number of thiol groups is 1. The SMILES string of the molecule is CCC(C)(C)N1CCC(NC(=O)[C@@H](CS)NC(=O)OCC(C)C)CC1. The second kappa shape index (κ2) is 10.3. The Kier molecular flexibility index (Phi) is 9.07. The van der Waals surface area contributed by atoms with Crippen LogP contribution in [0.3, 0.4) is 0 Å². The number of alkyl carbamates (subject to hydrolysis) is 1. The van der Waals surface area contributed by atoms with Crippen molar-refractivity contribution in [1.29, 1.82) is 0 Å². The van der Waals surface area contributed by atoms with Gasteiger partial charge in [0.25, 0.3) is 0 Å². The molecule has 1 rings (SSSR count). The number of ether oxygens (including phenoxy) is 1. The lowest BCUT2D eigenvalue weighted by atomic mass is 9.94. The fourth-order valence-corrected chi connectivity index (χ4v) is 3.03. The number of hydrogen-bond acceptors (Lipinski definition) is 5. The van der Waals surface area contributed by atoms with Gasteiger partial charge >= 0.3 is 6.09 Å². The van der Waals surface area contributed by atoms with Crippen molar-refractivity contribution < 1.29 is 14.3 Å².